The average Bonchev–Trinajstić information content (AvgIpc) is 2.77. The highest BCUT2D eigenvalue weighted by Crippen LogP contribution is 2.58. The zero-order valence-corrected chi connectivity index (χ0v) is 17.6. The lowest BCUT2D eigenvalue weighted by molar-refractivity contribution is -0.133. The monoisotopic (exact) mass is 411 g/mol. The third kappa shape index (κ3) is 3.78. The number of halogens is 2. The molecule has 3 fully saturated rings. The molecule has 3 aliphatic rings. The summed E-state index contributed by atoms with van der Waals surface area (Å²) in [6.45, 7) is 3.95. The highest BCUT2D eigenvalue weighted by atomic mass is 19.2. The molecule has 5 rings (SSSR count). The fraction of sp³-hybridized carbons (Fsp3) is 0.560. The number of hydrogen-bond donors (Lipinski definition) is 0. The van der Waals surface area contributed by atoms with Crippen LogP contribution in [0.25, 0.3) is 0 Å². The number of hydrogen-bond acceptors (Lipinski definition) is 3. The van der Waals surface area contributed by atoms with Crippen molar-refractivity contribution in [2.75, 3.05) is 19.6 Å². The molecule has 0 amide bonds. The molecule has 1 aromatic carbocycles. The van der Waals surface area contributed by atoms with Gasteiger partial charge < -0.3 is 0 Å². The molecule has 1 saturated carbocycles. The minimum Gasteiger partial charge on any atom is -0.299 e. The third-order valence-corrected chi connectivity index (χ3v) is 7.70. The first-order valence-corrected chi connectivity index (χ1v) is 11.5. The summed E-state index contributed by atoms with van der Waals surface area (Å²) in [6.07, 6.45) is 13.0. The van der Waals surface area contributed by atoms with Crippen LogP contribution in [-0.2, 0) is 6.54 Å². The van der Waals surface area contributed by atoms with Gasteiger partial charge in [-0.1, -0.05) is 25.3 Å². The highest BCUT2D eigenvalue weighted by molar-refractivity contribution is 5.25. The van der Waals surface area contributed by atoms with Crippen molar-refractivity contribution in [1.29, 1.82) is 0 Å². The van der Waals surface area contributed by atoms with E-state index < -0.39 is 11.6 Å². The Morgan fingerprint density at radius 2 is 1.67 bits per heavy atom. The quantitative estimate of drug-likeness (QED) is 0.678. The van der Waals surface area contributed by atoms with E-state index in [0.29, 0.717) is 24.0 Å². The van der Waals surface area contributed by atoms with E-state index in [-0.39, 0.29) is 0 Å². The van der Waals surface area contributed by atoms with Crippen molar-refractivity contribution in [3.8, 4) is 0 Å². The smallest absolute Gasteiger partial charge is 0.159 e. The third-order valence-electron chi connectivity index (χ3n) is 7.70. The van der Waals surface area contributed by atoms with Gasteiger partial charge in [-0.25, -0.2) is 8.78 Å². The van der Waals surface area contributed by atoms with Crippen LogP contribution in [0.2, 0.25) is 0 Å². The van der Waals surface area contributed by atoms with Crippen LogP contribution in [0.1, 0.15) is 62.1 Å². The first kappa shape index (κ1) is 20.1. The van der Waals surface area contributed by atoms with E-state index in [1.165, 1.54) is 56.3 Å². The van der Waals surface area contributed by atoms with Gasteiger partial charge in [0.1, 0.15) is 0 Å². The summed E-state index contributed by atoms with van der Waals surface area (Å²) in [5.41, 5.74) is 2.75. The van der Waals surface area contributed by atoms with Gasteiger partial charge in [0.05, 0.1) is 0 Å². The molecule has 0 N–H and O–H groups in total. The van der Waals surface area contributed by atoms with Crippen molar-refractivity contribution in [3.63, 3.8) is 0 Å². The van der Waals surface area contributed by atoms with Gasteiger partial charge in [0, 0.05) is 43.0 Å². The summed E-state index contributed by atoms with van der Waals surface area (Å²) >= 11 is 0. The van der Waals surface area contributed by atoms with Gasteiger partial charge >= 0.3 is 0 Å². The molecule has 1 aromatic heterocycles. The summed E-state index contributed by atoms with van der Waals surface area (Å²) < 4.78 is 26.7. The van der Waals surface area contributed by atoms with Gasteiger partial charge in [-0.15, -0.1) is 0 Å². The number of rotatable bonds is 4. The number of piperidine rings is 1. The Morgan fingerprint density at radius 3 is 2.37 bits per heavy atom. The van der Waals surface area contributed by atoms with E-state index >= 15 is 0 Å². The Bertz CT molecular complexity index is 858. The van der Waals surface area contributed by atoms with Crippen molar-refractivity contribution in [1.82, 2.24) is 14.8 Å². The van der Waals surface area contributed by atoms with Crippen molar-refractivity contribution in [2.24, 2.45) is 5.41 Å². The molecule has 1 atom stereocenters. The largest absolute Gasteiger partial charge is 0.299 e. The van der Waals surface area contributed by atoms with Crippen molar-refractivity contribution in [3.05, 3.63) is 65.5 Å². The lowest BCUT2D eigenvalue weighted by Gasteiger charge is -2.63. The molecule has 2 saturated heterocycles. The Balaban J connectivity index is 1.24. The van der Waals surface area contributed by atoms with Gasteiger partial charge in [0.25, 0.3) is 0 Å². The van der Waals surface area contributed by atoms with Gasteiger partial charge in [-0.3, -0.25) is 14.8 Å². The van der Waals surface area contributed by atoms with Crippen LogP contribution >= 0.6 is 0 Å². The topological polar surface area (TPSA) is 19.4 Å². The second-order valence-corrected chi connectivity index (χ2v) is 9.53. The SMILES string of the molecule is Fc1ccc(CN2CCC(N3CC4(CCCCC4)C3c3ccncc3)CC2)cc1F. The van der Waals surface area contributed by atoms with E-state index in [1.54, 1.807) is 6.07 Å². The summed E-state index contributed by atoms with van der Waals surface area (Å²) in [7, 11) is 0. The van der Waals surface area contributed by atoms with Gasteiger partial charge in [0.2, 0.25) is 0 Å². The lowest BCUT2D eigenvalue weighted by atomic mass is 9.60. The summed E-state index contributed by atoms with van der Waals surface area (Å²) in [6, 6.07) is 9.84. The molecule has 160 valence electrons. The Kier molecular flexibility index (Phi) is 5.59. The minimum atomic E-state index is -0.769. The number of benzene rings is 1. The maximum Gasteiger partial charge on any atom is 0.159 e. The standard InChI is InChI=1S/C25H31F2N3/c26-22-5-4-19(16-23(22)27)17-29-14-8-21(9-15-29)30-18-25(10-2-1-3-11-25)24(30)20-6-12-28-13-7-20/h4-7,12-13,16,21,24H,1-3,8-11,14-15,17-18H2. The summed E-state index contributed by atoms with van der Waals surface area (Å²) in [5.74, 6) is -1.52. The number of aromatic nitrogens is 1. The number of nitrogens with zero attached hydrogens (tertiary/aromatic N) is 3. The summed E-state index contributed by atoms with van der Waals surface area (Å²) in [5, 5.41) is 0. The maximum absolute atomic E-state index is 13.5. The van der Waals surface area contributed by atoms with Crippen LogP contribution in [0.15, 0.2) is 42.7 Å². The molecule has 3 heterocycles. The molecule has 1 unspecified atom stereocenters. The molecule has 1 aliphatic carbocycles. The normalized spacial score (nSPS) is 25.3. The molecule has 2 aromatic rings. The molecule has 1 spiro atoms. The van der Waals surface area contributed by atoms with Crippen LogP contribution in [0.3, 0.4) is 0 Å². The second kappa shape index (κ2) is 8.35. The van der Waals surface area contributed by atoms with Crippen LogP contribution < -0.4 is 0 Å². The Hall–Kier alpha value is -1.85. The second-order valence-electron chi connectivity index (χ2n) is 9.53. The zero-order valence-electron chi connectivity index (χ0n) is 17.6. The lowest BCUT2D eigenvalue weighted by Crippen LogP contribution is -2.63. The predicted octanol–water partition coefficient (Wildman–Crippen LogP) is 5.33. The highest BCUT2D eigenvalue weighted by Gasteiger charge is 2.54. The summed E-state index contributed by atoms with van der Waals surface area (Å²) in [4.78, 5) is 9.38. The molecular formula is C25H31F2N3. The van der Waals surface area contributed by atoms with Crippen LogP contribution in [0.4, 0.5) is 8.78 Å². The zero-order chi connectivity index (χ0) is 20.6. The average molecular weight is 412 g/mol. The van der Waals surface area contributed by atoms with E-state index in [9.17, 15) is 8.78 Å². The van der Waals surface area contributed by atoms with Gasteiger partial charge in [-0.2, -0.15) is 0 Å². The first-order valence-electron chi connectivity index (χ1n) is 11.5. The van der Waals surface area contributed by atoms with E-state index in [2.05, 4.69) is 26.9 Å². The first-order chi connectivity index (χ1) is 14.6. The maximum atomic E-state index is 13.5. The predicted molar refractivity (Wildman–Crippen MR) is 114 cm³/mol. The van der Waals surface area contributed by atoms with E-state index in [1.807, 2.05) is 12.4 Å². The molecular weight excluding hydrogens is 380 g/mol. The van der Waals surface area contributed by atoms with Crippen molar-refractivity contribution in [2.45, 2.75) is 63.6 Å². The van der Waals surface area contributed by atoms with Crippen molar-refractivity contribution >= 4 is 0 Å². The molecule has 3 nitrogen and oxygen atoms in total. The van der Waals surface area contributed by atoms with Crippen LogP contribution in [-0.4, -0.2) is 40.5 Å². The van der Waals surface area contributed by atoms with Crippen LogP contribution in [0, 0.1) is 17.0 Å². The Morgan fingerprint density at radius 1 is 0.933 bits per heavy atom. The fourth-order valence-corrected chi connectivity index (χ4v) is 6.20. The molecule has 5 heteroatoms. The Labute approximate surface area is 178 Å². The van der Waals surface area contributed by atoms with Crippen LogP contribution in [0.5, 0.6) is 0 Å². The molecule has 0 bridgehead atoms. The number of likely N-dealkylation sites (tertiary alicyclic amines) is 2. The molecule has 0 radical (unpaired) electrons. The minimum absolute atomic E-state index is 0.461. The van der Waals surface area contributed by atoms with E-state index in [0.717, 1.165) is 31.5 Å². The van der Waals surface area contributed by atoms with Gasteiger partial charge in [0.15, 0.2) is 11.6 Å². The fourth-order valence-electron chi connectivity index (χ4n) is 6.20. The van der Waals surface area contributed by atoms with E-state index in [4.69, 9.17) is 0 Å². The molecule has 2 aliphatic heterocycles. The molecule has 30 heavy (non-hydrogen) atoms. The number of pyridine rings is 1. The van der Waals surface area contributed by atoms with Gasteiger partial charge in [-0.05, 0) is 74.2 Å². The van der Waals surface area contributed by atoms with Crippen molar-refractivity contribution < 1.29 is 8.78 Å².